The molecule has 2 rings (SSSR count). The van der Waals surface area contributed by atoms with Crippen LogP contribution in [0.4, 0.5) is 5.00 Å². The number of esters is 2. The zero-order valence-electron chi connectivity index (χ0n) is 18.5. The fourth-order valence-corrected chi connectivity index (χ4v) is 4.23. The maximum Gasteiger partial charge on any atom is 0.341 e. The van der Waals surface area contributed by atoms with Gasteiger partial charge in [-0.1, -0.05) is 36.8 Å². The van der Waals surface area contributed by atoms with Gasteiger partial charge in [0.2, 0.25) is 10.0 Å². The number of rotatable bonds is 11. The third kappa shape index (κ3) is 8.79. The van der Waals surface area contributed by atoms with Crippen LogP contribution in [0.3, 0.4) is 0 Å². The number of aryl methyl sites for hydroxylation is 2. The van der Waals surface area contributed by atoms with Crippen LogP contribution in [0.1, 0.15) is 40.2 Å². The number of hydrogen-bond acceptors (Lipinski definition) is 8. The molecule has 0 aliphatic heterocycles. The Morgan fingerprint density at radius 3 is 2.42 bits per heavy atom. The minimum atomic E-state index is -3.87. The molecule has 1 heterocycles. The van der Waals surface area contributed by atoms with E-state index < -0.39 is 41.0 Å². The summed E-state index contributed by atoms with van der Waals surface area (Å²) in [7, 11) is -3.87. The van der Waals surface area contributed by atoms with Gasteiger partial charge in [0.25, 0.3) is 5.91 Å². The van der Waals surface area contributed by atoms with Crippen LogP contribution in [0.5, 0.6) is 0 Å². The molecule has 1 aromatic heterocycles. The van der Waals surface area contributed by atoms with E-state index >= 15 is 0 Å². The van der Waals surface area contributed by atoms with Crippen molar-refractivity contribution in [3.63, 3.8) is 0 Å². The van der Waals surface area contributed by atoms with Gasteiger partial charge in [-0.15, -0.1) is 11.3 Å². The van der Waals surface area contributed by atoms with Gasteiger partial charge >= 0.3 is 11.9 Å². The summed E-state index contributed by atoms with van der Waals surface area (Å²) in [5.41, 5.74) is 1.96. The Morgan fingerprint density at radius 1 is 1.09 bits per heavy atom. The summed E-state index contributed by atoms with van der Waals surface area (Å²) >= 11 is 1.22. The Morgan fingerprint density at radius 2 is 1.79 bits per heavy atom. The molecule has 0 radical (unpaired) electrons. The summed E-state index contributed by atoms with van der Waals surface area (Å²) in [5, 5.41) is 3.77. The second-order valence-electron chi connectivity index (χ2n) is 6.82. The molecule has 33 heavy (non-hydrogen) atoms. The van der Waals surface area contributed by atoms with Gasteiger partial charge < -0.3 is 14.8 Å². The summed E-state index contributed by atoms with van der Waals surface area (Å²) in [6.07, 6.45) is 2.06. The molecular weight excluding hydrogens is 468 g/mol. The van der Waals surface area contributed by atoms with Crippen molar-refractivity contribution < 1.29 is 32.3 Å². The number of hydrogen-bond donors (Lipinski definition) is 2. The maximum atomic E-state index is 12.1. The second kappa shape index (κ2) is 12.3. The van der Waals surface area contributed by atoms with E-state index in [1.807, 2.05) is 26.0 Å². The number of sulfonamides is 1. The first-order valence-electron chi connectivity index (χ1n) is 10.1. The van der Waals surface area contributed by atoms with Crippen LogP contribution in [0.15, 0.2) is 35.7 Å². The molecule has 0 unspecified atom stereocenters. The van der Waals surface area contributed by atoms with Crippen LogP contribution in [0, 0.1) is 6.92 Å². The van der Waals surface area contributed by atoms with Gasteiger partial charge in [0.1, 0.15) is 11.5 Å². The Labute approximate surface area is 196 Å². The highest BCUT2D eigenvalue weighted by Gasteiger charge is 2.19. The molecule has 178 valence electrons. The van der Waals surface area contributed by atoms with Crippen molar-refractivity contribution in [1.82, 2.24) is 4.72 Å². The van der Waals surface area contributed by atoms with E-state index in [0.29, 0.717) is 17.0 Å². The molecule has 0 aliphatic carbocycles. The predicted molar refractivity (Wildman–Crippen MR) is 126 cm³/mol. The first-order chi connectivity index (χ1) is 15.6. The zero-order chi connectivity index (χ0) is 24.4. The van der Waals surface area contributed by atoms with E-state index in [4.69, 9.17) is 9.47 Å². The molecule has 11 heteroatoms. The third-order valence-corrected chi connectivity index (χ3v) is 6.41. The molecular formula is C22H26N2O7S2. The van der Waals surface area contributed by atoms with E-state index in [-0.39, 0.29) is 12.2 Å². The van der Waals surface area contributed by atoms with E-state index in [0.717, 1.165) is 15.8 Å². The molecule has 0 aliphatic rings. The number of carbonyl (C=O) groups excluding carboxylic acids is 3. The van der Waals surface area contributed by atoms with E-state index in [1.165, 1.54) is 17.4 Å². The fourth-order valence-electron chi connectivity index (χ4n) is 2.48. The highest BCUT2D eigenvalue weighted by Crippen LogP contribution is 2.29. The van der Waals surface area contributed by atoms with Crippen LogP contribution < -0.4 is 10.0 Å². The molecule has 2 N–H and O–H groups in total. The maximum absolute atomic E-state index is 12.1. The normalized spacial score (nSPS) is 11.4. The van der Waals surface area contributed by atoms with Gasteiger partial charge in [-0.05, 0) is 38.0 Å². The lowest BCUT2D eigenvalue weighted by atomic mass is 10.2. The summed E-state index contributed by atoms with van der Waals surface area (Å²) in [5.74, 6) is -2.15. The van der Waals surface area contributed by atoms with Crippen molar-refractivity contribution in [2.24, 2.45) is 0 Å². The van der Waals surface area contributed by atoms with Crippen LogP contribution >= 0.6 is 11.3 Å². The highest BCUT2D eigenvalue weighted by molar-refractivity contribution is 7.92. The number of anilines is 1. The molecule has 1 aromatic carbocycles. The molecule has 0 atom stereocenters. The summed E-state index contributed by atoms with van der Waals surface area (Å²) < 4.78 is 35.9. The number of thiophene rings is 1. The van der Waals surface area contributed by atoms with Crippen molar-refractivity contribution in [2.45, 2.75) is 27.2 Å². The number of nitrogens with one attached hydrogen (secondary N) is 2. The number of benzene rings is 1. The largest absolute Gasteiger partial charge is 0.462 e. The van der Waals surface area contributed by atoms with E-state index in [9.17, 15) is 22.8 Å². The Kier molecular flexibility index (Phi) is 9.76. The third-order valence-electron chi connectivity index (χ3n) is 4.18. The average Bonchev–Trinajstić information content (AvgIpc) is 3.19. The lowest BCUT2D eigenvalue weighted by Gasteiger charge is -2.07. The van der Waals surface area contributed by atoms with E-state index in [1.54, 1.807) is 25.1 Å². The average molecular weight is 495 g/mol. The molecule has 9 nitrogen and oxygen atoms in total. The first kappa shape index (κ1) is 26.2. The highest BCUT2D eigenvalue weighted by atomic mass is 32.2. The molecule has 1 amide bonds. The number of amides is 1. The lowest BCUT2D eigenvalue weighted by Crippen LogP contribution is -2.31. The molecule has 0 saturated heterocycles. The van der Waals surface area contributed by atoms with Crippen molar-refractivity contribution >= 4 is 50.3 Å². The fraction of sp³-hybridized carbons (Fsp3) is 0.318. The van der Waals surface area contributed by atoms with Crippen molar-refractivity contribution in [2.75, 3.05) is 25.1 Å². The number of carbonyl (C=O) groups is 3. The van der Waals surface area contributed by atoms with Gasteiger partial charge in [0, 0.05) is 10.3 Å². The van der Waals surface area contributed by atoms with E-state index in [2.05, 4.69) is 10.0 Å². The minimum absolute atomic E-state index is 0.192. The predicted octanol–water partition coefficient (Wildman–Crippen LogP) is 2.87. The van der Waals surface area contributed by atoms with Crippen LogP contribution in [-0.2, 0) is 35.5 Å². The zero-order valence-corrected chi connectivity index (χ0v) is 20.2. The summed E-state index contributed by atoms with van der Waals surface area (Å²) in [4.78, 5) is 36.9. The van der Waals surface area contributed by atoms with Crippen molar-refractivity contribution in [1.29, 1.82) is 0 Å². The van der Waals surface area contributed by atoms with Gasteiger partial charge in [-0.25, -0.2) is 17.9 Å². The Hall–Kier alpha value is -3.02. The van der Waals surface area contributed by atoms with Crippen LogP contribution in [-0.4, -0.2) is 46.0 Å². The van der Waals surface area contributed by atoms with Crippen LogP contribution in [0.25, 0.3) is 6.08 Å². The van der Waals surface area contributed by atoms with Gasteiger partial charge in [0.15, 0.2) is 6.61 Å². The monoisotopic (exact) mass is 494 g/mol. The molecule has 0 fully saturated rings. The number of ether oxygens (including phenoxy) is 2. The molecule has 0 saturated carbocycles. The van der Waals surface area contributed by atoms with Gasteiger partial charge in [0.05, 0.1) is 12.2 Å². The summed E-state index contributed by atoms with van der Waals surface area (Å²) in [6, 6.07) is 8.86. The standard InChI is InChI=1S/C22H26N2O7S2/c1-4-17-12-18(22(27)30-5-2)21(32-17)24-19(25)14-31-20(26)13-23-33(28,29)11-10-16-8-6-15(3)7-9-16/h6-12,23H,4-5,13-14H2,1-3H3,(H,24,25). The van der Waals surface area contributed by atoms with Crippen LogP contribution in [0.2, 0.25) is 0 Å². The smallest absolute Gasteiger partial charge is 0.341 e. The minimum Gasteiger partial charge on any atom is -0.462 e. The quantitative estimate of drug-likeness (QED) is 0.460. The topological polar surface area (TPSA) is 128 Å². The van der Waals surface area contributed by atoms with Crippen molar-refractivity contribution in [3.8, 4) is 0 Å². The Bertz CT molecular complexity index is 1120. The molecule has 0 bridgehead atoms. The molecule has 0 spiro atoms. The lowest BCUT2D eigenvalue weighted by molar-refractivity contribution is -0.146. The van der Waals surface area contributed by atoms with Gasteiger partial charge in [-0.2, -0.15) is 0 Å². The van der Waals surface area contributed by atoms with Crippen molar-refractivity contribution in [3.05, 3.63) is 57.3 Å². The summed E-state index contributed by atoms with van der Waals surface area (Å²) in [6.45, 7) is 4.42. The first-order valence-corrected chi connectivity index (χ1v) is 12.5. The van der Waals surface area contributed by atoms with Gasteiger partial charge in [-0.3, -0.25) is 9.59 Å². The Balaban J connectivity index is 1.84. The molecule has 2 aromatic rings. The second-order valence-corrected chi connectivity index (χ2v) is 9.61. The SMILES string of the molecule is CCOC(=O)c1cc(CC)sc1NC(=O)COC(=O)CNS(=O)(=O)C=Cc1ccc(C)cc1.